The van der Waals surface area contributed by atoms with E-state index >= 15 is 0 Å². The lowest BCUT2D eigenvalue weighted by molar-refractivity contribution is 0.958. The SMILES string of the molecule is CCc1cnc(C)c(Br)n1. The average molecular weight is 201 g/mol. The van der Waals surface area contributed by atoms with E-state index in [4.69, 9.17) is 0 Å². The minimum Gasteiger partial charge on any atom is -0.257 e. The lowest BCUT2D eigenvalue weighted by Crippen LogP contribution is -1.92. The van der Waals surface area contributed by atoms with Crippen molar-refractivity contribution in [1.82, 2.24) is 9.97 Å². The van der Waals surface area contributed by atoms with Gasteiger partial charge in [-0.25, -0.2) is 4.98 Å². The minimum atomic E-state index is 0.854. The van der Waals surface area contributed by atoms with Crippen molar-refractivity contribution >= 4 is 15.9 Å². The maximum atomic E-state index is 4.25. The van der Waals surface area contributed by atoms with E-state index in [1.54, 1.807) is 6.20 Å². The molecule has 0 unspecified atom stereocenters. The predicted molar refractivity (Wildman–Crippen MR) is 43.8 cm³/mol. The second-order valence-corrected chi connectivity index (χ2v) is 2.84. The van der Waals surface area contributed by atoms with Gasteiger partial charge in [0.15, 0.2) is 0 Å². The molecule has 0 bridgehead atoms. The fourth-order valence-corrected chi connectivity index (χ4v) is 0.961. The van der Waals surface area contributed by atoms with Crippen molar-refractivity contribution in [3.05, 3.63) is 22.2 Å². The summed E-state index contributed by atoms with van der Waals surface area (Å²) in [6.07, 6.45) is 2.74. The van der Waals surface area contributed by atoms with Gasteiger partial charge in [0.25, 0.3) is 0 Å². The molecule has 1 heterocycles. The highest BCUT2D eigenvalue weighted by Crippen LogP contribution is 2.09. The van der Waals surface area contributed by atoms with Crippen molar-refractivity contribution in [2.45, 2.75) is 20.3 Å². The third-order valence-electron chi connectivity index (χ3n) is 1.31. The first-order chi connectivity index (χ1) is 4.74. The molecule has 0 aliphatic rings. The van der Waals surface area contributed by atoms with Gasteiger partial charge in [0.2, 0.25) is 0 Å². The van der Waals surface area contributed by atoms with Crippen LogP contribution in [0.5, 0.6) is 0 Å². The second-order valence-electron chi connectivity index (χ2n) is 2.09. The Morgan fingerprint density at radius 1 is 1.60 bits per heavy atom. The lowest BCUT2D eigenvalue weighted by Gasteiger charge is -1.97. The molecule has 0 radical (unpaired) electrons. The molecule has 0 amide bonds. The zero-order valence-electron chi connectivity index (χ0n) is 6.06. The Kier molecular flexibility index (Phi) is 2.38. The van der Waals surface area contributed by atoms with E-state index in [1.165, 1.54) is 0 Å². The van der Waals surface area contributed by atoms with Crippen molar-refractivity contribution in [3.8, 4) is 0 Å². The van der Waals surface area contributed by atoms with Crippen LogP contribution in [0.25, 0.3) is 0 Å². The number of aryl methyl sites for hydroxylation is 2. The van der Waals surface area contributed by atoms with E-state index in [2.05, 4.69) is 32.8 Å². The van der Waals surface area contributed by atoms with E-state index < -0.39 is 0 Å². The predicted octanol–water partition coefficient (Wildman–Crippen LogP) is 2.11. The molecule has 0 fully saturated rings. The summed E-state index contributed by atoms with van der Waals surface area (Å²) in [4.78, 5) is 8.39. The smallest absolute Gasteiger partial charge is 0.127 e. The number of halogens is 1. The van der Waals surface area contributed by atoms with E-state index in [0.29, 0.717) is 0 Å². The lowest BCUT2D eigenvalue weighted by atomic mass is 10.3. The van der Waals surface area contributed by atoms with E-state index in [9.17, 15) is 0 Å². The zero-order chi connectivity index (χ0) is 7.56. The molecule has 0 aromatic carbocycles. The number of hydrogen-bond acceptors (Lipinski definition) is 2. The minimum absolute atomic E-state index is 0.854. The number of hydrogen-bond donors (Lipinski definition) is 0. The summed E-state index contributed by atoms with van der Waals surface area (Å²) in [5, 5.41) is 0. The van der Waals surface area contributed by atoms with Crippen LogP contribution in [0.2, 0.25) is 0 Å². The fourth-order valence-electron chi connectivity index (χ4n) is 0.631. The summed E-state index contributed by atoms with van der Waals surface area (Å²) in [6.45, 7) is 3.99. The zero-order valence-corrected chi connectivity index (χ0v) is 7.64. The fraction of sp³-hybridized carbons (Fsp3) is 0.429. The molecule has 0 saturated carbocycles. The van der Waals surface area contributed by atoms with Gasteiger partial charge in [0.05, 0.1) is 11.4 Å². The topological polar surface area (TPSA) is 25.8 Å². The number of rotatable bonds is 1. The van der Waals surface area contributed by atoms with Crippen molar-refractivity contribution < 1.29 is 0 Å². The van der Waals surface area contributed by atoms with Gasteiger partial charge >= 0.3 is 0 Å². The first kappa shape index (κ1) is 7.66. The highest BCUT2D eigenvalue weighted by Gasteiger charge is 1.96. The van der Waals surface area contributed by atoms with E-state index in [1.807, 2.05) is 6.92 Å². The molecule has 3 heteroatoms. The monoisotopic (exact) mass is 200 g/mol. The molecule has 0 N–H and O–H groups in total. The Bertz CT molecular complexity index is 235. The maximum Gasteiger partial charge on any atom is 0.127 e. The first-order valence-electron chi connectivity index (χ1n) is 3.22. The van der Waals surface area contributed by atoms with E-state index in [0.717, 1.165) is 22.4 Å². The molecule has 1 aromatic heterocycles. The summed E-state index contributed by atoms with van der Waals surface area (Å²) >= 11 is 3.31. The van der Waals surface area contributed by atoms with Gasteiger partial charge in [-0.15, -0.1) is 0 Å². The summed E-state index contributed by atoms with van der Waals surface area (Å²) < 4.78 is 0.854. The standard InChI is InChI=1S/C7H9BrN2/c1-3-6-4-9-5(2)7(8)10-6/h4H,3H2,1-2H3. The molecule has 1 rings (SSSR count). The molecule has 0 saturated heterocycles. The Balaban J connectivity index is 3.04. The van der Waals surface area contributed by atoms with Crippen molar-refractivity contribution in [1.29, 1.82) is 0 Å². The normalized spacial score (nSPS) is 9.90. The van der Waals surface area contributed by atoms with Gasteiger partial charge in [-0.1, -0.05) is 6.92 Å². The van der Waals surface area contributed by atoms with Crippen molar-refractivity contribution in [3.63, 3.8) is 0 Å². The quantitative estimate of drug-likeness (QED) is 0.695. The molecule has 0 atom stereocenters. The van der Waals surface area contributed by atoms with Gasteiger partial charge in [0.1, 0.15) is 4.60 Å². The average Bonchev–Trinajstić information content (AvgIpc) is 1.95. The van der Waals surface area contributed by atoms with Gasteiger partial charge in [-0.3, -0.25) is 4.98 Å². The summed E-state index contributed by atoms with van der Waals surface area (Å²) in [5.74, 6) is 0. The van der Waals surface area contributed by atoms with Crippen LogP contribution in [-0.4, -0.2) is 9.97 Å². The van der Waals surface area contributed by atoms with Crippen LogP contribution in [0.15, 0.2) is 10.8 Å². The van der Waals surface area contributed by atoms with Crippen molar-refractivity contribution in [2.75, 3.05) is 0 Å². The first-order valence-corrected chi connectivity index (χ1v) is 4.01. The third-order valence-corrected chi connectivity index (χ3v) is 2.06. The molecule has 0 spiro atoms. The Morgan fingerprint density at radius 2 is 2.30 bits per heavy atom. The molecule has 54 valence electrons. The largest absolute Gasteiger partial charge is 0.257 e. The molecule has 2 nitrogen and oxygen atoms in total. The Morgan fingerprint density at radius 3 is 2.80 bits per heavy atom. The Hall–Kier alpha value is -0.440. The number of aromatic nitrogens is 2. The summed E-state index contributed by atoms with van der Waals surface area (Å²) in [5.41, 5.74) is 1.97. The van der Waals surface area contributed by atoms with E-state index in [-0.39, 0.29) is 0 Å². The van der Waals surface area contributed by atoms with Crippen LogP contribution in [0.1, 0.15) is 18.3 Å². The van der Waals surface area contributed by atoms with Crippen LogP contribution >= 0.6 is 15.9 Å². The van der Waals surface area contributed by atoms with Crippen LogP contribution in [0.3, 0.4) is 0 Å². The van der Waals surface area contributed by atoms with Crippen LogP contribution in [0, 0.1) is 6.92 Å². The summed E-state index contributed by atoms with van der Waals surface area (Å²) in [7, 11) is 0. The second kappa shape index (κ2) is 3.10. The summed E-state index contributed by atoms with van der Waals surface area (Å²) in [6, 6.07) is 0. The molecule has 10 heavy (non-hydrogen) atoms. The maximum absolute atomic E-state index is 4.25. The van der Waals surface area contributed by atoms with Gasteiger partial charge in [-0.2, -0.15) is 0 Å². The Labute approximate surface area is 68.8 Å². The van der Waals surface area contributed by atoms with Crippen LogP contribution in [-0.2, 0) is 6.42 Å². The number of nitrogens with zero attached hydrogens (tertiary/aromatic N) is 2. The van der Waals surface area contributed by atoms with Crippen molar-refractivity contribution in [2.24, 2.45) is 0 Å². The molecular formula is C7H9BrN2. The van der Waals surface area contributed by atoms with Gasteiger partial charge in [0, 0.05) is 6.20 Å². The van der Waals surface area contributed by atoms with Crippen LogP contribution < -0.4 is 0 Å². The molecule has 1 aromatic rings. The highest BCUT2D eigenvalue weighted by atomic mass is 79.9. The molecular weight excluding hydrogens is 192 g/mol. The van der Waals surface area contributed by atoms with Gasteiger partial charge in [-0.05, 0) is 29.3 Å². The van der Waals surface area contributed by atoms with Gasteiger partial charge < -0.3 is 0 Å². The third kappa shape index (κ3) is 1.53. The molecule has 0 aliphatic carbocycles. The molecule has 0 aliphatic heterocycles. The van der Waals surface area contributed by atoms with Crippen LogP contribution in [0.4, 0.5) is 0 Å². The highest BCUT2D eigenvalue weighted by molar-refractivity contribution is 9.10.